The molecule has 3 nitrogen and oxygen atoms in total. The van der Waals surface area contributed by atoms with E-state index in [1.807, 2.05) is 42.0 Å². The van der Waals surface area contributed by atoms with Gasteiger partial charge in [-0.05, 0) is 24.3 Å². The van der Waals surface area contributed by atoms with E-state index in [9.17, 15) is 0 Å². The van der Waals surface area contributed by atoms with E-state index in [2.05, 4.69) is 15.6 Å². The van der Waals surface area contributed by atoms with Gasteiger partial charge in [-0.2, -0.15) is 5.26 Å². The first-order chi connectivity index (χ1) is 8.36. The lowest BCUT2D eigenvalue weighted by atomic mass is 10.2. The van der Waals surface area contributed by atoms with Crippen molar-refractivity contribution in [2.75, 3.05) is 0 Å². The third-order valence-corrected chi connectivity index (χ3v) is 3.45. The highest BCUT2D eigenvalue weighted by molar-refractivity contribution is 7.09. The van der Waals surface area contributed by atoms with Gasteiger partial charge in [0.15, 0.2) is 0 Å². The molecule has 0 bridgehead atoms. The normalized spacial score (nSPS) is 10.5. The van der Waals surface area contributed by atoms with Crippen molar-refractivity contribution in [2.45, 2.75) is 6.54 Å². The highest BCUT2D eigenvalue weighted by Gasteiger charge is 2.03. The van der Waals surface area contributed by atoms with E-state index in [1.54, 1.807) is 11.3 Å². The fourth-order valence-electron chi connectivity index (χ4n) is 1.88. The van der Waals surface area contributed by atoms with Gasteiger partial charge in [0.1, 0.15) is 5.01 Å². The second-order valence-corrected chi connectivity index (χ2v) is 4.73. The molecule has 0 saturated carbocycles. The number of thiazole rings is 1. The van der Waals surface area contributed by atoms with Crippen molar-refractivity contribution >= 4 is 22.2 Å². The van der Waals surface area contributed by atoms with E-state index in [4.69, 9.17) is 5.26 Å². The zero-order valence-corrected chi connectivity index (χ0v) is 9.81. The van der Waals surface area contributed by atoms with E-state index in [0.717, 1.165) is 22.5 Å². The maximum atomic E-state index is 8.85. The molecule has 0 N–H and O–H groups in total. The highest BCUT2D eigenvalue weighted by atomic mass is 32.1. The van der Waals surface area contributed by atoms with Crippen molar-refractivity contribution in [1.82, 2.24) is 9.55 Å². The predicted octanol–water partition coefficient (Wildman–Crippen LogP) is 3.02. The van der Waals surface area contributed by atoms with Crippen LogP contribution in [0.5, 0.6) is 0 Å². The van der Waals surface area contributed by atoms with Crippen molar-refractivity contribution in [1.29, 1.82) is 5.26 Å². The summed E-state index contributed by atoms with van der Waals surface area (Å²) in [7, 11) is 0. The zero-order valence-electron chi connectivity index (χ0n) is 9.00. The molecule has 0 fully saturated rings. The summed E-state index contributed by atoms with van der Waals surface area (Å²) in [4.78, 5) is 4.28. The Labute approximate surface area is 103 Å². The van der Waals surface area contributed by atoms with E-state index in [0.29, 0.717) is 5.56 Å². The lowest BCUT2D eigenvalue weighted by Crippen LogP contribution is -1.96. The molecular formula is C13H9N3S. The molecule has 0 amide bonds. The molecule has 1 aromatic carbocycles. The lowest BCUT2D eigenvalue weighted by Gasteiger charge is -2.02. The number of aromatic nitrogens is 2. The molecule has 0 aliphatic carbocycles. The van der Waals surface area contributed by atoms with Gasteiger partial charge in [-0.15, -0.1) is 11.3 Å². The van der Waals surface area contributed by atoms with Gasteiger partial charge in [-0.1, -0.05) is 0 Å². The summed E-state index contributed by atoms with van der Waals surface area (Å²) in [5.74, 6) is 0. The minimum Gasteiger partial charge on any atom is -0.341 e. The Morgan fingerprint density at radius 2 is 2.29 bits per heavy atom. The fourth-order valence-corrected chi connectivity index (χ4v) is 2.50. The van der Waals surface area contributed by atoms with Crippen LogP contribution in [0.2, 0.25) is 0 Å². The van der Waals surface area contributed by atoms with Gasteiger partial charge in [0.05, 0.1) is 18.2 Å². The molecule has 0 atom stereocenters. The Morgan fingerprint density at radius 3 is 3.06 bits per heavy atom. The maximum Gasteiger partial charge on any atom is 0.112 e. The van der Waals surface area contributed by atoms with Crippen LogP contribution in [0.1, 0.15) is 10.6 Å². The summed E-state index contributed by atoms with van der Waals surface area (Å²) in [5.41, 5.74) is 1.84. The number of hydrogen-bond donors (Lipinski definition) is 0. The number of hydrogen-bond acceptors (Lipinski definition) is 3. The monoisotopic (exact) mass is 239 g/mol. The molecule has 0 aliphatic heterocycles. The number of rotatable bonds is 2. The second-order valence-electron chi connectivity index (χ2n) is 3.75. The Bertz CT molecular complexity index is 689. The molecule has 4 heteroatoms. The zero-order chi connectivity index (χ0) is 11.7. The average Bonchev–Trinajstić information content (AvgIpc) is 2.99. The largest absolute Gasteiger partial charge is 0.341 e. The third kappa shape index (κ3) is 1.81. The molecule has 3 aromatic rings. The number of fused-ring (bicyclic) bond motifs is 1. The fraction of sp³-hybridized carbons (Fsp3) is 0.0769. The van der Waals surface area contributed by atoms with Crippen LogP contribution < -0.4 is 0 Å². The number of nitriles is 1. The third-order valence-electron chi connectivity index (χ3n) is 2.69. The molecule has 2 aromatic heterocycles. The molecular weight excluding hydrogens is 230 g/mol. The second kappa shape index (κ2) is 4.04. The topological polar surface area (TPSA) is 41.6 Å². The minimum absolute atomic E-state index is 0.699. The molecule has 82 valence electrons. The van der Waals surface area contributed by atoms with Crippen molar-refractivity contribution < 1.29 is 0 Å². The van der Waals surface area contributed by atoms with Gasteiger partial charge in [-0.25, -0.2) is 4.98 Å². The van der Waals surface area contributed by atoms with Gasteiger partial charge in [0.25, 0.3) is 0 Å². The molecule has 17 heavy (non-hydrogen) atoms. The van der Waals surface area contributed by atoms with Crippen molar-refractivity contribution in [2.24, 2.45) is 0 Å². The Kier molecular flexibility index (Phi) is 2.39. The van der Waals surface area contributed by atoms with Gasteiger partial charge < -0.3 is 4.57 Å². The van der Waals surface area contributed by atoms with Crippen LogP contribution >= 0.6 is 11.3 Å². The van der Waals surface area contributed by atoms with Gasteiger partial charge >= 0.3 is 0 Å². The van der Waals surface area contributed by atoms with Crippen LogP contribution in [0.25, 0.3) is 10.9 Å². The first-order valence-corrected chi connectivity index (χ1v) is 6.12. The lowest BCUT2D eigenvalue weighted by molar-refractivity contribution is 0.828. The van der Waals surface area contributed by atoms with E-state index >= 15 is 0 Å². The molecule has 0 radical (unpaired) electrons. The van der Waals surface area contributed by atoms with Gasteiger partial charge in [-0.3, -0.25) is 0 Å². The Morgan fingerprint density at radius 1 is 1.35 bits per heavy atom. The number of benzene rings is 1. The van der Waals surface area contributed by atoms with Crippen LogP contribution in [0.4, 0.5) is 0 Å². The van der Waals surface area contributed by atoms with Crippen LogP contribution in [-0.4, -0.2) is 9.55 Å². The Hall–Kier alpha value is -2.12. The van der Waals surface area contributed by atoms with E-state index in [1.165, 1.54) is 0 Å². The standard InChI is InChI=1S/C13H9N3S/c14-8-10-1-2-12-11(7-10)3-5-16(12)9-13-15-4-6-17-13/h1-7H,9H2. The summed E-state index contributed by atoms with van der Waals surface area (Å²) in [6.45, 7) is 0.785. The van der Waals surface area contributed by atoms with Crippen LogP contribution in [0.3, 0.4) is 0 Å². The van der Waals surface area contributed by atoms with Gasteiger partial charge in [0, 0.05) is 28.7 Å². The average molecular weight is 239 g/mol. The predicted molar refractivity (Wildman–Crippen MR) is 67.9 cm³/mol. The summed E-state index contributed by atoms with van der Waals surface area (Å²) < 4.78 is 2.15. The number of nitrogens with zero attached hydrogens (tertiary/aromatic N) is 3. The van der Waals surface area contributed by atoms with Crippen molar-refractivity contribution in [3.8, 4) is 6.07 Å². The van der Waals surface area contributed by atoms with Gasteiger partial charge in [0.2, 0.25) is 0 Å². The minimum atomic E-state index is 0.699. The summed E-state index contributed by atoms with van der Waals surface area (Å²) in [6.07, 6.45) is 3.85. The van der Waals surface area contributed by atoms with E-state index < -0.39 is 0 Å². The van der Waals surface area contributed by atoms with Crippen LogP contribution in [0, 0.1) is 11.3 Å². The highest BCUT2D eigenvalue weighted by Crippen LogP contribution is 2.19. The summed E-state index contributed by atoms with van der Waals surface area (Å²) in [6, 6.07) is 9.93. The smallest absolute Gasteiger partial charge is 0.112 e. The molecule has 3 rings (SSSR count). The Balaban J connectivity index is 2.04. The summed E-state index contributed by atoms with van der Waals surface area (Å²) >= 11 is 1.65. The van der Waals surface area contributed by atoms with Crippen LogP contribution in [0.15, 0.2) is 42.0 Å². The molecule has 0 aliphatic rings. The molecule has 2 heterocycles. The summed E-state index contributed by atoms with van der Waals surface area (Å²) in [5, 5.41) is 13.0. The van der Waals surface area contributed by atoms with Crippen LogP contribution in [-0.2, 0) is 6.54 Å². The molecule has 0 spiro atoms. The van der Waals surface area contributed by atoms with E-state index in [-0.39, 0.29) is 0 Å². The first-order valence-electron chi connectivity index (χ1n) is 5.24. The first kappa shape index (κ1) is 10.1. The molecule has 0 saturated heterocycles. The SMILES string of the molecule is N#Cc1ccc2c(ccn2Cc2nccs2)c1. The molecule has 0 unspecified atom stereocenters. The van der Waals surface area contributed by atoms with Crippen molar-refractivity contribution in [3.63, 3.8) is 0 Å². The maximum absolute atomic E-state index is 8.85. The quantitative estimate of drug-likeness (QED) is 0.689. The van der Waals surface area contributed by atoms with Crippen molar-refractivity contribution in [3.05, 3.63) is 52.6 Å².